The number of carbonyl (C=O) groups excluding carboxylic acids is 2. The van der Waals surface area contributed by atoms with Gasteiger partial charge in [-0.1, -0.05) is 12.1 Å². The molecule has 0 radical (unpaired) electrons. The van der Waals surface area contributed by atoms with E-state index in [4.69, 9.17) is 4.74 Å². The minimum absolute atomic E-state index is 0.0284. The van der Waals surface area contributed by atoms with Crippen LogP contribution in [0.3, 0.4) is 0 Å². The van der Waals surface area contributed by atoms with E-state index in [-0.39, 0.29) is 18.9 Å². The molecule has 5 nitrogen and oxygen atoms in total. The van der Waals surface area contributed by atoms with E-state index in [0.717, 1.165) is 12.1 Å². The van der Waals surface area contributed by atoms with Gasteiger partial charge in [0.05, 0.1) is 11.4 Å². The first-order chi connectivity index (χ1) is 12.4. The van der Waals surface area contributed by atoms with Crippen molar-refractivity contribution >= 4 is 23.2 Å². The zero-order chi connectivity index (χ0) is 18.8. The van der Waals surface area contributed by atoms with Gasteiger partial charge < -0.3 is 15.0 Å². The van der Waals surface area contributed by atoms with Crippen LogP contribution in [0.4, 0.5) is 24.5 Å². The van der Waals surface area contributed by atoms with Gasteiger partial charge in [-0.15, -0.1) is 0 Å². The lowest BCUT2D eigenvalue weighted by atomic mass is 10.1. The molecule has 26 heavy (non-hydrogen) atoms. The summed E-state index contributed by atoms with van der Waals surface area (Å²) < 4.78 is 45.3. The van der Waals surface area contributed by atoms with Gasteiger partial charge >= 0.3 is 0 Å². The van der Waals surface area contributed by atoms with Gasteiger partial charge in [0, 0.05) is 13.0 Å². The highest BCUT2D eigenvalue weighted by molar-refractivity contribution is 6.00. The number of amides is 2. The molecule has 0 spiro atoms. The maximum Gasteiger partial charge on any atom is 0.267 e. The molecular weight excluding hydrogens is 349 g/mol. The molecular formula is C18H15F3N2O3. The van der Waals surface area contributed by atoms with Crippen LogP contribution in [0.25, 0.3) is 0 Å². The summed E-state index contributed by atoms with van der Waals surface area (Å²) in [6.45, 7) is 1.63. The standard InChI is InChI=1S/C18H15F3N2O3/c1-10-18(25)23(13-4-2-3-5-14(13)26-10)9-8-15(24)22-12-7-6-11(19)16(20)17(12)21/h2-7,10H,8-9H2,1H3,(H,22,24). The molecule has 3 rings (SSSR count). The second-order valence-electron chi connectivity index (χ2n) is 5.74. The number of nitrogens with zero attached hydrogens (tertiary/aromatic N) is 1. The Hall–Kier alpha value is -3.03. The Bertz CT molecular complexity index is 873. The number of carbonyl (C=O) groups is 2. The van der Waals surface area contributed by atoms with Gasteiger partial charge in [0.1, 0.15) is 5.75 Å². The Balaban J connectivity index is 1.70. The summed E-state index contributed by atoms with van der Waals surface area (Å²) in [7, 11) is 0. The van der Waals surface area contributed by atoms with Crippen molar-refractivity contribution in [2.24, 2.45) is 0 Å². The van der Waals surface area contributed by atoms with Crippen molar-refractivity contribution < 1.29 is 27.5 Å². The summed E-state index contributed by atoms with van der Waals surface area (Å²) in [5, 5.41) is 2.18. The number of para-hydroxylation sites is 2. The molecule has 8 heteroatoms. The molecule has 1 N–H and O–H groups in total. The Morgan fingerprint density at radius 3 is 2.65 bits per heavy atom. The highest BCUT2D eigenvalue weighted by atomic mass is 19.2. The van der Waals surface area contributed by atoms with Gasteiger partial charge in [0.15, 0.2) is 23.6 Å². The Kier molecular flexibility index (Phi) is 4.83. The van der Waals surface area contributed by atoms with Gasteiger partial charge in [-0.2, -0.15) is 0 Å². The number of ether oxygens (including phenoxy) is 1. The molecule has 0 saturated heterocycles. The van der Waals surface area contributed by atoms with Crippen LogP contribution in [0.15, 0.2) is 36.4 Å². The number of anilines is 2. The van der Waals surface area contributed by atoms with Crippen LogP contribution in [-0.4, -0.2) is 24.5 Å². The summed E-state index contributed by atoms with van der Waals surface area (Å²) in [4.78, 5) is 25.8. The third-order valence-corrected chi connectivity index (χ3v) is 3.95. The fraction of sp³-hybridized carbons (Fsp3) is 0.222. The van der Waals surface area contributed by atoms with Gasteiger partial charge in [-0.05, 0) is 31.2 Å². The fourth-order valence-electron chi connectivity index (χ4n) is 2.64. The first-order valence-electron chi connectivity index (χ1n) is 7.89. The summed E-state index contributed by atoms with van der Waals surface area (Å²) in [5.74, 6) is -4.90. The molecule has 136 valence electrons. The van der Waals surface area contributed by atoms with Crippen molar-refractivity contribution in [3.8, 4) is 5.75 Å². The highest BCUT2D eigenvalue weighted by Gasteiger charge is 2.31. The van der Waals surface area contributed by atoms with E-state index in [9.17, 15) is 22.8 Å². The normalized spacial score (nSPS) is 16.1. The molecule has 2 aromatic carbocycles. The van der Waals surface area contributed by atoms with E-state index in [0.29, 0.717) is 11.4 Å². The lowest BCUT2D eigenvalue weighted by Gasteiger charge is -2.32. The molecule has 0 fully saturated rings. The van der Waals surface area contributed by atoms with E-state index in [2.05, 4.69) is 5.32 Å². The van der Waals surface area contributed by atoms with Gasteiger partial charge in [0.25, 0.3) is 5.91 Å². The number of nitrogens with one attached hydrogen (secondary N) is 1. The van der Waals surface area contributed by atoms with Crippen LogP contribution in [0.5, 0.6) is 5.75 Å². The Morgan fingerprint density at radius 2 is 1.88 bits per heavy atom. The number of rotatable bonds is 4. The lowest BCUT2D eigenvalue weighted by molar-refractivity contribution is -0.125. The van der Waals surface area contributed by atoms with Crippen molar-refractivity contribution in [2.75, 3.05) is 16.8 Å². The minimum Gasteiger partial charge on any atom is -0.479 e. The molecule has 0 aliphatic carbocycles. The molecule has 1 unspecified atom stereocenters. The van der Waals surface area contributed by atoms with Crippen LogP contribution >= 0.6 is 0 Å². The number of halogens is 3. The number of hydrogen-bond donors (Lipinski definition) is 1. The topological polar surface area (TPSA) is 58.6 Å². The van der Waals surface area contributed by atoms with Gasteiger partial charge in [-0.25, -0.2) is 13.2 Å². The average molecular weight is 364 g/mol. The molecule has 1 aliphatic heterocycles. The Labute approximate surface area is 147 Å². The monoisotopic (exact) mass is 364 g/mol. The molecule has 1 heterocycles. The molecule has 1 atom stereocenters. The van der Waals surface area contributed by atoms with E-state index < -0.39 is 35.2 Å². The summed E-state index contributed by atoms with van der Waals surface area (Å²) in [6.07, 6.45) is -0.859. The van der Waals surface area contributed by atoms with Crippen LogP contribution in [0.2, 0.25) is 0 Å². The molecule has 0 aromatic heterocycles. The molecule has 2 aromatic rings. The maximum absolute atomic E-state index is 13.6. The Morgan fingerprint density at radius 1 is 1.15 bits per heavy atom. The molecule has 1 aliphatic rings. The molecule has 2 amide bonds. The van der Waals surface area contributed by atoms with E-state index >= 15 is 0 Å². The first-order valence-corrected chi connectivity index (χ1v) is 7.89. The van der Waals surface area contributed by atoms with E-state index in [1.165, 1.54) is 4.90 Å². The van der Waals surface area contributed by atoms with Gasteiger partial charge in [-0.3, -0.25) is 9.59 Å². The minimum atomic E-state index is -1.66. The van der Waals surface area contributed by atoms with Crippen molar-refractivity contribution in [1.29, 1.82) is 0 Å². The van der Waals surface area contributed by atoms with E-state index in [1.54, 1.807) is 31.2 Å². The zero-order valence-corrected chi connectivity index (χ0v) is 13.8. The lowest BCUT2D eigenvalue weighted by Crippen LogP contribution is -2.45. The van der Waals surface area contributed by atoms with Crippen molar-refractivity contribution in [2.45, 2.75) is 19.4 Å². The highest BCUT2D eigenvalue weighted by Crippen LogP contribution is 2.33. The zero-order valence-electron chi connectivity index (χ0n) is 13.8. The second kappa shape index (κ2) is 7.07. The van der Waals surface area contributed by atoms with Crippen LogP contribution in [0.1, 0.15) is 13.3 Å². The first kappa shape index (κ1) is 17.8. The molecule has 0 bridgehead atoms. The predicted molar refractivity (Wildman–Crippen MR) is 88.4 cm³/mol. The van der Waals surface area contributed by atoms with Crippen LogP contribution in [-0.2, 0) is 9.59 Å². The van der Waals surface area contributed by atoms with Crippen LogP contribution in [0, 0.1) is 17.5 Å². The van der Waals surface area contributed by atoms with Gasteiger partial charge in [0.2, 0.25) is 5.91 Å². The van der Waals surface area contributed by atoms with E-state index in [1.807, 2.05) is 0 Å². The quantitative estimate of drug-likeness (QED) is 0.848. The number of benzene rings is 2. The largest absolute Gasteiger partial charge is 0.479 e. The summed E-state index contributed by atoms with van der Waals surface area (Å²) in [5.41, 5.74) is 0.0679. The smallest absolute Gasteiger partial charge is 0.267 e. The summed E-state index contributed by atoms with van der Waals surface area (Å²) >= 11 is 0. The SMILES string of the molecule is CC1Oc2ccccc2N(CCC(=O)Nc2ccc(F)c(F)c2F)C1=O. The number of hydrogen-bond acceptors (Lipinski definition) is 3. The summed E-state index contributed by atoms with van der Waals surface area (Å²) in [6, 6.07) is 8.54. The third kappa shape index (κ3) is 3.35. The maximum atomic E-state index is 13.6. The second-order valence-corrected chi connectivity index (χ2v) is 5.74. The fourth-order valence-corrected chi connectivity index (χ4v) is 2.64. The number of fused-ring (bicyclic) bond motifs is 1. The molecule has 0 saturated carbocycles. The van der Waals surface area contributed by atoms with Crippen molar-refractivity contribution in [1.82, 2.24) is 0 Å². The van der Waals surface area contributed by atoms with Crippen LogP contribution < -0.4 is 15.0 Å². The van der Waals surface area contributed by atoms with Crippen molar-refractivity contribution in [3.05, 3.63) is 53.8 Å². The predicted octanol–water partition coefficient (Wildman–Crippen LogP) is 3.25. The average Bonchev–Trinajstić information content (AvgIpc) is 2.62. The van der Waals surface area contributed by atoms with Crippen molar-refractivity contribution in [3.63, 3.8) is 0 Å². The third-order valence-electron chi connectivity index (χ3n) is 3.95.